The van der Waals surface area contributed by atoms with Crippen molar-refractivity contribution in [2.75, 3.05) is 5.32 Å². The van der Waals surface area contributed by atoms with Crippen LogP contribution in [0.2, 0.25) is 5.02 Å². The van der Waals surface area contributed by atoms with E-state index in [9.17, 15) is 9.59 Å². The van der Waals surface area contributed by atoms with Crippen LogP contribution in [0.3, 0.4) is 0 Å². The minimum atomic E-state index is -0.206. The highest BCUT2D eigenvalue weighted by atomic mass is 35.5. The summed E-state index contributed by atoms with van der Waals surface area (Å²) in [7, 11) is 0. The average Bonchev–Trinajstić information content (AvgIpc) is 2.67. The molecule has 6 heteroatoms. The van der Waals surface area contributed by atoms with Crippen LogP contribution >= 0.6 is 11.6 Å². The summed E-state index contributed by atoms with van der Waals surface area (Å²) in [4.78, 5) is 22.5. The van der Waals surface area contributed by atoms with Gasteiger partial charge in [-0.1, -0.05) is 11.6 Å². The minimum absolute atomic E-state index is 0.112. The van der Waals surface area contributed by atoms with Crippen LogP contribution in [0.4, 0.5) is 5.69 Å². The van der Waals surface area contributed by atoms with Gasteiger partial charge in [0.2, 0.25) is 11.8 Å². The third-order valence-electron chi connectivity index (χ3n) is 2.20. The zero-order valence-corrected chi connectivity index (χ0v) is 9.62. The molecule has 0 unspecified atom stereocenters. The van der Waals surface area contributed by atoms with E-state index in [-0.39, 0.29) is 24.7 Å². The number of hydrogen-bond donors (Lipinski definition) is 2. The molecule has 0 atom stereocenters. The predicted molar refractivity (Wildman–Crippen MR) is 64.9 cm³/mol. The standard InChI is InChI=1S/C11H10ClN3O2/c12-7-1-3-8(4-2-7)13-10(16)5-9-6-11(17)15-14-9/h1-4H,5-6H2,(H,13,16)(H,15,17). The fraction of sp³-hybridized carbons (Fsp3) is 0.182. The van der Waals surface area contributed by atoms with Crippen LogP contribution in [0.5, 0.6) is 0 Å². The molecule has 0 radical (unpaired) electrons. The van der Waals surface area contributed by atoms with Crippen molar-refractivity contribution < 1.29 is 9.59 Å². The lowest BCUT2D eigenvalue weighted by atomic mass is 10.2. The van der Waals surface area contributed by atoms with Crippen LogP contribution in [0.15, 0.2) is 29.4 Å². The van der Waals surface area contributed by atoms with Crippen molar-refractivity contribution in [2.45, 2.75) is 12.8 Å². The molecule has 0 saturated heterocycles. The minimum Gasteiger partial charge on any atom is -0.326 e. The summed E-state index contributed by atoms with van der Waals surface area (Å²) < 4.78 is 0. The molecule has 1 aliphatic heterocycles. The van der Waals surface area contributed by atoms with E-state index in [0.717, 1.165) is 0 Å². The zero-order chi connectivity index (χ0) is 12.3. The first kappa shape index (κ1) is 11.6. The van der Waals surface area contributed by atoms with Gasteiger partial charge in [0, 0.05) is 10.7 Å². The van der Waals surface area contributed by atoms with Gasteiger partial charge >= 0.3 is 0 Å². The van der Waals surface area contributed by atoms with Crippen molar-refractivity contribution in [3.8, 4) is 0 Å². The van der Waals surface area contributed by atoms with E-state index in [1.54, 1.807) is 24.3 Å². The Morgan fingerprint density at radius 2 is 2.12 bits per heavy atom. The first-order valence-corrected chi connectivity index (χ1v) is 5.41. The van der Waals surface area contributed by atoms with Crippen molar-refractivity contribution in [3.05, 3.63) is 29.3 Å². The van der Waals surface area contributed by atoms with E-state index in [2.05, 4.69) is 15.8 Å². The molecule has 1 aromatic carbocycles. The predicted octanol–water partition coefficient (Wildman–Crippen LogP) is 1.54. The van der Waals surface area contributed by atoms with Gasteiger partial charge in [-0.2, -0.15) is 5.10 Å². The van der Waals surface area contributed by atoms with E-state index >= 15 is 0 Å². The number of anilines is 1. The topological polar surface area (TPSA) is 70.6 Å². The Bertz CT molecular complexity index is 482. The molecule has 1 aliphatic rings. The van der Waals surface area contributed by atoms with E-state index in [0.29, 0.717) is 16.4 Å². The number of amides is 2. The fourth-order valence-electron chi connectivity index (χ4n) is 1.43. The van der Waals surface area contributed by atoms with Crippen molar-refractivity contribution >= 4 is 34.8 Å². The van der Waals surface area contributed by atoms with E-state index in [1.807, 2.05) is 0 Å². The molecule has 0 fully saturated rings. The maximum atomic E-state index is 11.6. The Labute approximate surface area is 103 Å². The Morgan fingerprint density at radius 3 is 2.71 bits per heavy atom. The molecule has 5 nitrogen and oxygen atoms in total. The molecule has 0 aromatic heterocycles. The first-order valence-electron chi connectivity index (χ1n) is 5.03. The number of hydrazone groups is 1. The molecule has 0 saturated carbocycles. The number of rotatable bonds is 3. The fourth-order valence-corrected chi connectivity index (χ4v) is 1.56. The van der Waals surface area contributed by atoms with Gasteiger partial charge in [-0.15, -0.1) is 0 Å². The normalized spacial score (nSPS) is 14.2. The molecule has 1 heterocycles. The van der Waals surface area contributed by atoms with Gasteiger partial charge in [-0.05, 0) is 24.3 Å². The Morgan fingerprint density at radius 1 is 1.41 bits per heavy atom. The number of halogens is 1. The third-order valence-corrected chi connectivity index (χ3v) is 2.45. The lowest BCUT2D eigenvalue weighted by molar-refractivity contribution is -0.119. The molecular formula is C11H10ClN3O2. The Hall–Kier alpha value is -1.88. The van der Waals surface area contributed by atoms with Crippen LogP contribution < -0.4 is 10.7 Å². The summed E-state index contributed by atoms with van der Waals surface area (Å²) in [5.74, 6) is -0.387. The highest BCUT2D eigenvalue weighted by Gasteiger charge is 2.17. The molecular weight excluding hydrogens is 242 g/mol. The number of benzene rings is 1. The molecule has 2 amide bonds. The maximum Gasteiger partial charge on any atom is 0.245 e. The van der Waals surface area contributed by atoms with Gasteiger partial charge in [0.15, 0.2) is 0 Å². The molecule has 17 heavy (non-hydrogen) atoms. The van der Waals surface area contributed by atoms with Crippen LogP contribution in [-0.2, 0) is 9.59 Å². The highest BCUT2D eigenvalue weighted by Crippen LogP contribution is 2.13. The van der Waals surface area contributed by atoms with Crippen LogP contribution in [-0.4, -0.2) is 17.5 Å². The number of nitrogens with one attached hydrogen (secondary N) is 2. The van der Waals surface area contributed by atoms with E-state index in [4.69, 9.17) is 11.6 Å². The Kier molecular flexibility index (Phi) is 3.39. The molecule has 2 N–H and O–H groups in total. The molecule has 2 rings (SSSR count). The summed E-state index contributed by atoms with van der Waals surface area (Å²) in [5, 5.41) is 7.05. The second-order valence-electron chi connectivity index (χ2n) is 3.62. The van der Waals surface area contributed by atoms with Crippen LogP contribution in [0, 0.1) is 0 Å². The second-order valence-corrected chi connectivity index (χ2v) is 4.06. The molecule has 88 valence electrons. The molecule has 1 aromatic rings. The van der Waals surface area contributed by atoms with Crippen molar-refractivity contribution in [3.63, 3.8) is 0 Å². The first-order chi connectivity index (χ1) is 8.13. The van der Waals surface area contributed by atoms with Gasteiger partial charge in [0.05, 0.1) is 18.6 Å². The van der Waals surface area contributed by atoms with Crippen LogP contribution in [0.25, 0.3) is 0 Å². The lowest BCUT2D eigenvalue weighted by Crippen LogP contribution is -2.16. The molecule has 0 bridgehead atoms. The number of hydrogen-bond acceptors (Lipinski definition) is 3. The monoisotopic (exact) mass is 251 g/mol. The van der Waals surface area contributed by atoms with Gasteiger partial charge in [-0.3, -0.25) is 9.59 Å². The second kappa shape index (κ2) is 4.97. The molecule has 0 spiro atoms. The van der Waals surface area contributed by atoms with Crippen LogP contribution in [0.1, 0.15) is 12.8 Å². The summed E-state index contributed by atoms with van der Waals surface area (Å²) in [6, 6.07) is 6.80. The summed E-state index contributed by atoms with van der Waals surface area (Å²) in [6.07, 6.45) is 0.301. The quantitative estimate of drug-likeness (QED) is 0.856. The smallest absolute Gasteiger partial charge is 0.245 e. The lowest BCUT2D eigenvalue weighted by Gasteiger charge is -2.04. The van der Waals surface area contributed by atoms with Crippen molar-refractivity contribution in [2.24, 2.45) is 5.10 Å². The largest absolute Gasteiger partial charge is 0.326 e. The van der Waals surface area contributed by atoms with Crippen molar-refractivity contribution in [1.82, 2.24) is 5.43 Å². The number of carbonyl (C=O) groups is 2. The summed E-state index contributed by atoms with van der Waals surface area (Å²) in [6.45, 7) is 0. The van der Waals surface area contributed by atoms with Gasteiger partial charge in [0.1, 0.15) is 0 Å². The highest BCUT2D eigenvalue weighted by molar-refractivity contribution is 6.30. The zero-order valence-electron chi connectivity index (χ0n) is 8.87. The number of carbonyl (C=O) groups excluding carboxylic acids is 2. The SMILES string of the molecule is O=C1CC(CC(=O)Nc2ccc(Cl)cc2)=NN1. The van der Waals surface area contributed by atoms with Gasteiger partial charge < -0.3 is 5.32 Å². The third kappa shape index (κ3) is 3.29. The molecule has 0 aliphatic carbocycles. The average molecular weight is 252 g/mol. The van der Waals surface area contributed by atoms with E-state index < -0.39 is 0 Å². The number of nitrogens with zero attached hydrogens (tertiary/aromatic N) is 1. The summed E-state index contributed by atoms with van der Waals surface area (Å²) >= 11 is 5.72. The van der Waals surface area contributed by atoms with Gasteiger partial charge in [-0.25, -0.2) is 5.43 Å². The van der Waals surface area contributed by atoms with E-state index in [1.165, 1.54) is 0 Å². The maximum absolute atomic E-state index is 11.6. The summed E-state index contributed by atoms with van der Waals surface area (Å²) in [5.41, 5.74) is 3.51. The van der Waals surface area contributed by atoms with Gasteiger partial charge in [0.25, 0.3) is 0 Å². The van der Waals surface area contributed by atoms with Crippen molar-refractivity contribution in [1.29, 1.82) is 0 Å². The Balaban J connectivity index is 1.89.